The van der Waals surface area contributed by atoms with Crippen LogP contribution in [0.1, 0.15) is 39.0 Å². The minimum Gasteiger partial charge on any atom is -0.381 e. The average Bonchev–Trinajstić information content (AvgIpc) is 2.41. The van der Waals surface area contributed by atoms with Crippen LogP contribution in [0.15, 0.2) is 0 Å². The van der Waals surface area contributed by atoms with Gasteiger partial charge in [-0.1, -0.05) is 13.3 Å². The van der Waals surface area contributed by atoms with Crippen LogP contribution in [0.25, 0.3) is 0 Å². The van der Waals surface area contributed by atoms with Gasteiger partial charge >= 0.3 is 0 Å². The van der Waals surface area contributed by atoms with Gasteiger partial charge in [-0.2, -0.15) is 0 Å². The van der Waals surface area contributed by atoms with Gasteiger partial charge in [0.25, 0.3) is 0 Å². The van der Waals surface area contributed by atoms with E-state index in [9.17, 15) is 4.79 Å². The summed E-state index contributed by atoms with van der Waals surface area (Å²) in [7, 11) is 0. The smallest absolute Gasteiger partial charge is 0.127 e. The summed E-state index contributed by atoms with van der Waals surface area (Å²) in [5.41, 5.74) is -0.114. The molecule has 2 fully saturated rings. The van der Waals surface area contributed by atoms with E-state index in [1.54, 1.807) is 0 Å². The topological polar surface area (TPSA) is 29.5 Å². The van der Waals surface area contributed by atoms with Gasteiger partial charge < -0.3 is 14.4 Å². The Morgan fingerprint density at radius 2 is 1.94 bits per heavy atom. The van der Waals surface area contributed by atoms with Crippen LogP contribution in [-0.4, -0.2) is 44.0 Å². The highest BCUT2D eigenvalue weighted by Crippen LogP contribution is 2.31. The van der Waals surface area contributed by atoms with Gasteiger partial charge in [0.1, 0.15) is 6.29 Å². The van der Waals surface area contributed by atoms with Gasteiger partial charge in [0, 0.05) is 25.2 Å². The van der Waals surface area contributed by atoms with E-state index in [-0.39, 0.29) is 5.41 Å². The molecule has 0 radical (unpaired) electrons. The van der Waals surface area contributed by atoms with E-state index in [2.05, 4.69) is 11.8 Å². The maximum atomic E-state index is 11.4. The maximum Gasteiger partial charge on any atom is 0.127 e. The number of carbonyl (C=O) groups is 1. The molecule has 0 N–H and O–H groups in total. The number of aldehydes is 1. The molecule has 0 amide bonds. The zero-order valence-electron chi connectivity index (χ0n) is 11.0. The van der Waals surface area contributed by atoms with Crippen LogP contribution >= 0.6 is 0 Å². The monoisotopic (exact) mass is 239 g/mol. The summed E-state index contributed by atoms with van der Waals surface area (Å²) in [6.07, 6.45) is 6.93. The Kier molecular flexibility index (Phi) is 4.57. The van der Waals surface area contributed by atoms with Crippen molar-refractivity contribution in [2.24, 2.45) is 11.3 Å². The molecule has 0 atom stereocenters. The predicted octanol–water partition coefficient (Wildman–Crippen LogP) is 2.10. The highest BCUT2D eigenvalue weighted by molar-refractivity contribution is 5.60. The van der Waals surface area contributed by atoms with Gasteiger partial charge in [-0.15, -0.1) is 0 Å². The molecule has 0 bridgehead atoms. The fraction of sp³-hybridized carbons (Fsp3) is 0.929. The van der Waals surface area contributed by atoms with E-state index in [1.807, 2.05) is 0 Å². The van der Waals surface area contributed by atoms with Crippen molar-refractivity contribution in [1.82, 2.24) is 4.90 Å². The first-order valence-electron chi connectivity index (χ1n) is 7.04. The van der Waals surface area contributed by atoms with Crippen LogP contribution in [0.4, 0.5) is 0 Å². The summed E-state index contributed by atoms with van der Waals surface area (Å²) in [5.74, 6) is 0.910. The first-order valence-corrected chi connectivity index (χ1v) is 7.04. The fourth-order valence-corrected chi connectivity index (χ4v) is 3.09. The quantitative estimate of drug-likeness (QED) is 0.704. The average molecular weight is 239 g/mol. The third kappa shape index (κ3) is 3.29. The summed E-state index contributed by atoms with van der Waals surface area (Å²) in [4.78, 5) is 13.9. The molecule has 0 aromatic heterocycles. The molecule has 2 heterocycles. The molecule has 0 aliphatic carbocycles. The van der Waals surface area contributed by atoms with E-state index < -0.39 is 0 Å². The van der Waals surface area contributed by atoms with Gasteiger partial charge in [-0.05, 0) is 44.7 Å². The van der Waals surface area contributed by atoms with E-state index in [0.717, 1.165) is 38.5 Å². The largest absolute Gasteiger partial charge is 0.381 e. The Balaban J connectivity index is 1.84. The molecule has 98 valence electrons. The lowest BCUT2D eigenvalue weighted by Gasteiger charge is -2.39. The van der Waals surface area contributed by atoms with E-state index in [1.165, 1.54) is 38.6 Å². The second kappa shape index (κ2) is 5.96. The summed E-state index contributed by atoms with van der Waals surface area (Å²) >= 11 is 0. The number of piperidine rings is 1. The first kappa shape index (κ1) is 13.0. The lowest BCUT2D eigenvalue weighted by Crippen LogP contribution is -2.45. The van der Waals surface area contributed by atoms with Crippen molar-refractivity contribution in [3.05, 3.63) is 0 Å². The standard InChI is InChI=1S/C14H25NO2/c1-2-13-3-7-15(8-4-13)11-14(12-16)5-9-17-10-6-14/h12-13H,2-11H2,1H3. The summed E-state index contributed by atoms with van der Waals surface area (Å²) in [6.45, 7) is 7.10. The molecule has 3 heteroatoms. The second-order valence-electron chi connectivity index (χ2n) is 5.72. The molecule has 2 rings (SSSR count). The minimum absolute atomic E-state index is 0.114. The molecule has 2 aliphatic rings. The molecule has 3 nitrogen and oxygen atoms in total. The number of hydrogen-bond acceptors (Lipinski definition) is 3. The zero-order valence-corrected chi connectivity index (χ0v) is 11.0. The van der Waals surface area contributed by atoms with Gasteiger partial charge in [0.15, 0.2) is 0 Å². The highest BCUT2D eigenvalue weighted by atomic mass is 16.5. The van der Waals surface area contributed by atoms with Crippen molar-refractivity contribution in [1.29, 1.82) is 0 Å². The number of likely N-dealkylation sites (tertiary alicyclic amines) is 1. The molecule has 0 aromatic rings. The van der Waals surface area contributed by atoms with Crippen molar-refractivity contribution >= 4 is 6.29 Å². The lowest BCUT2D eigenvalue weighted by atomic mass is 9.80. The molecule has 17 heavy (non-hydrogen) atoms. The van der Waals surface area contributed by atoms with Crippen molar-refractivity contribution < 1.29 is 9.53 Å². The molecule has 2 aliphatic heterocycles. The van der Waals surface area contributed by atoms with Crippen LogP contribution in [0.3, 0.4) is 0 Å². The molecule has 2 saturated heterocycles. The minimum atomic E-state index is -0.114. The van der Waals surface area contributed by atoms with Crippen LogP contribution in [-0.2, 0) is 9.53 Å². The van der Waals surface area contributed by atoms with E-state index >= 15 is 0 Å². The summed E-state index contributed by atoms with van der Waals surface area (Å²) in [6, 6.07) is 0. The van der Waals surface area contributed by atoms with Crippen LogP contribution in [0.5, 0.6) is 0 Å². The Hall–Kier alpha value is -0.410. The fourth-order valence-electron chi connectivity index (χ4n) is 3.09. The highest BCUT2D eigenvalue weighted by Gasteiger charge is 2.35. The van der Waals surface area contributed by atoms with Gasteiger partial charge in [-0.3, -0.25) is 0 Å². The SMILES string of the molecule is CCC1CCN(CC2(C=O)CCOCC2)CC1. The Bertz CT molecular complexity index is 241. The second-order valence-corrected chi connectivity index (χ2v) is 5.72. The zero-order chi connectivity index (χ0) is 12.1. The normalized spacial score (nSPS) is 26.9. The number of hydrogen-bond donors (Lipinski definition) is 0. The lowest BCUT2D eigenvalue weighted by molar-refractivity contribution is -0.123. The third-order valence-electron chi connectivity index (χ3n) is 4.56. The Morgan fingerprint density at radius 3 is 2.47 bits per heavy atom. The summed E-state index contributed by atoms with van der Waals surface area (Å²) in [5, 5.41) is 0. The van der Waals surface area contributed by atoms with Crippen molar-refractivity contribution in [3.8, 4) is 0 Å². The van der Waals surface area contributed by atoms with Crippen molar-refractivity contribution in [2.75, 3.05) is 32.8 Å². The van der Waals surface area contributed by atoms with E-state index in [4.69, 9.17) is 4.74 Å². The Morgan fingerprint density at radius 1 is 1.29 bits per heavy atom. The van der Waals surface area contributed by atoms with Gasteiger partial charge in [0.2, 0.25) is 0 Å². The van der Waals surface area contributed by atoms with Crippen LogP contribution in [0.2, 0.25) is 0 Å². The molecule has 0 spiro atoms. The molecule has 0 unspecified atom stereocenters. The summed E-state index contributed by atoms with van der Waals surface area (Å²) < 4.78 is 5.37. The number of rotatable bonds is 4. The van der Waals surface area contributed by atoms with Crippen LogP contribution < -0.4 is 0 Å². The first-order chi connectivity index (χ1) is 8.28. The molecular formula is C14H25NO2. The van der Waals surface area contributed by atoms with Gasteiger partial charge in [-0.25, -0.2) is 0 Å². The van der Waals surface area contributed by atoms with Crippen molar-refractivity contribution in [3.63, 3.8) is 0 Å². The maximum absolute atomic E-state index is 11.4. The van der Waals surface area contributed by atoms with Crippen LogP contribution in [0, 0.1) is 11.3 Å². The molecule has 0 saturated carbocycles. The molecule has 0 aromatic carbocycles. The number of carbonyl (C=O) groups excluding carboxylic acids is 1. The van der Waals surface area contributed by atoms with Gasteiger partial charge in [0.05, 0.1) is 0 Å². The third-order valence-corrected chi connectivity index (χ3v) is 4.56. The molecular weight excluding hydrogens is 214 g/mol. The van der Waals surface area contributed by atoms with Crippen molar-refractivity contribution in [2.45, 2.75) is 39.0 Å². The number of nitrogens with zero attached hydrogens (tertiary/aromatic N) is 1. The van der Waals surface area contributed by atoms with E-state index in [0.29, 0.717) is 0 Å². The number of ether oxygens (including phenoxy) is 1. The predicted molar refractivity (Wildman–Crippen MR) is 68.0 cm³/mol. The Labute approximate surface area is 105 Å².